The molecular weight excluding hydrogens is 180 g/mol. The van der Waals surface area contributed by atoms with E-state index in [0.29, 0.717) is 18.1 Å². The second kappa shape index (κ2) is 7.56. The maximum atomic E-state index is 11.0. The summed E-state index contributed by atoms with van der Waals surface area (Å²) in [5, 5.41) is 8.66. The van der Waals surface area contributed by atoms with Gasteiger partial charge in [-0.1, -0.05) is 13.5 Å². The van der Waals surface area contributed by atoms with Gasteiger partial charge in [-0.2, -0.15) is 0 Å². The fraction of sp³-hybridized carbons (Fsp3) is 0.727. The number of carbonyl (C=O) groups excluding carboxylic acids is 1. The average Bonchev–Trinajstić information content (AvgIpc) is 2.12. The molecule has 0 aliphatic carbocycles. The van der Waals surface area contributed by atoms with E-state index >= 15 is 0 Å². The Kier molecular flexibility index (Phi) is 7.11. The number of ether oxygens (including phenoxy) is 1. The zero-order valence-electron chi connectivity index (χ0n) is 9.08. The lowest BCUT2D eigenvalue weighted by atomic mass is 10.0. The van der Waals surface area contributed by atoms with Crippen LogP contribution in [-0.4, -0.2) is 24.3 Å². The second-order valence-corrected chi connectivity index (χ2v) is 3.68. The Balaban J connectivity index is 3.37. The lowest BCUT2D eigenvalue weighted by molar-refractivity contribution is -0.139. The van der Waals surface area contributed by atoms with Gasteiger partial charge in [0.1, 0.15) is 0 Å². The van der Waals surface area contributed by atoms with Gasteiger partial charge in [-0.05, 0) is 32.1 Å². The van der Waals surface area contributed by atoms with Gasteiger partial charge in [0.15, 0.2) is 0 Å². The van der Waals surface area contributed by atoms with Crippen LogP contribution in [0.2, 0.25) is 0 Å². The minimum atomic E-state index is -0.320. The van der Waals surface area contributed by atoms with Crippen molar-refractivity contribution in [3.8, 4) is 0 Å². The molecule has 0 fully saturated rings. The normalized spacial score (nSPS) is 12.2. The zero-order valence-corrected chi connectivity index (χ0v) is 9.08. The van der Waals surface area contributed by atoms with Gasteiger partial charge in [-0.15, -0.1) is 0 Å². The number of esters is 1. The molecule has 1 unspecified atom stereocenters. The molecule has 14 heavy (non-hydrogen) atoms. The predicted octanol–water partition coefficient (Wildman–Crippen LogP) is 1.90. The molecule has 1 N–H and O–H groups in total. The maximum absolute atomic E-state index is 11.0. The molecule has 0 radical (unpaired) electrons. The van der Waals surface area contributed by atoms with Gasteiger partial charge in [-0.25, -0.2) is 4.79 Å². The molecule has 3 nitrogen and oxygen atoms in total. The van der Waals surface area contributed by atoms with Crippen molar-refractivity contribution in [2.24, 2.45) is 5.92 Å². The van der Waals surface area contributed by atoms with E-state index in [1.165, 1.54) is 0 Å². The topological polar surface area (TPSA) is 46.5 Å². The van der Waals surface area contributed by atoms with Gasteiger partial charge in [-0.3, -0.25) is 0 Å². The number of rotatable bonds is 7. The summed E-state index contributed by atoms with van der Waals surface area (Å²) >= 11 is 0. The molecule has 0 aromatic heterocycles. The average molecular weight is 200 g/mol. The summed E-state index contributed by atoms with van der Waals surface area (Å²) in [5.41, 5.74) is 0.438. The van der Waals surface area contributed by atoms with Gasteiger partial charge in [0.05, 0.1) is 6.61 Å². The van der Waals surface area contributed by atoms with Crippen LogP contribution in [0, 0.1) is 5.92 Å². The molecule has 0 saturated carbocycles. The van der Waals surface area contributed by atoms with Crippen LogP contribution in [0.15, 0.2) is 12.2 Å². The Hall–Kier alpha value is -0.830. The summed E-state index contributed by atoms with van der Waals surface area (Å²) in [7, 11) is 0. The van der Waals surface area contributed by atoms with E-state index in [0.717, 1.165) is 19.3 Å². The van der Waals surface area contributed by atoms with Crippen molar-refractivity contribution in [3.63, 3.8) is 0 Å². The molecule has 1 atom stereocenters. The number of carbonyl (C=O) groups is 1. The van der Waals surface area contributed by atoms with Crippen LogP contribution in [0.25, 0.3) is 0 Å². The highest BCUT2D eigenvalue weighted by molar-refractivity contribution is 5.86. The van der Waals surface area contributed by atoms with E-state index in [2.05, 4.69) is 13.5 Å². The Morgan fingerprint density at radius 3 is 2.64 bits per heavy atom. The molecular formula is C11H20O3. The Bertz CT molecular complexity index is 187. The molecule has 0 spiro atoms. The number of hydrogen-bond donors (Lipinski definition) is 1. The lowest BCUT2D eigenvalue weighted by Crippen LogP contribution is -2.07. The molecule has 0 aliphatic rings. The van der Waals surface area contributed by atoms with Crippen LogP contribution in [0.5, 0.6) is 0 Å². The number of hydrogen-bond acceptors (Lipinski definition) is 3. The quantitative estimate of drug-likeness (QED) is 0.388. The van der Waals surface area contributed by atoms with Crippen LogP contribution in [0.3, 0.4) is 0 Å². The summed E-state index contributed by atoms with van der Waals surface area (Å²) in [5.74, 6) is 0.170. The van der Waals surface area contributed by atoms with Gasteiger partial charge < -0.3 is 9.84 Å². The van der Waals surface area contributed by atoms with Crippen molar-refractivity contribution in [1.29, 1.82) is 0 Å². The van der Waals surface area contributed by atoms with E-state index in [1.54, 1.807) is 6.92 Å². The fourth-order valence-electron chi connectivity index (χ4n) is 1.08. The van der Waals surface area contributed by atoms with E-state index in [1.807, 2.05) is 0 Å². The highest BCUT2D eigenvalue weighted by atomic mass is 16.5. The predicted molar refractivity (Wildman–Crippen MR) is 55.9 cm³/mol. The Labute approximate surface area is 85.8 Å². The molecule has 0 bridgehead atoms. The highest BCUT2D eigenvalue weighted by Gasteiger charge is 2.04. The third kappa shape index (κ3) is 6.66. The number of aliphatic hydroxyl groups is 1. The van der Waals surface area contributed by atoms with Crippen molar-refractivity contribution in [1.82, 2.24) is 0 Å². The van der Waals surface area contributed by atoms with Crippen molar-refractivity contribution in [2.45, 2.75) is 33.1 Å². The standard InChI is InChI=1S/C11H20O3/c1-9(2)11(13)14-8-4-5-10(3)6-7-12/h10,12H,1,4-8H2,2-3H3. The number of aliphatic hydroxyl groups excluding tert-OH is 1. The first kappa shape index (κ1) is 13.2. The first-order chi connectivity index (χ1) is 6.57. The van der Waals surface area contributed by atoms with Gasteiger partial charge in [0, 0.05) is 12.2 Å². The third-order valence-corrected chi connectivity index (χ3v) is 2.04. The zero-order chi connectivity index (χ0) is 11.0. The fourth-order valence-corrected chi connectivity index (χ4v) is 1.08. The van der Waals surface area contributed by atoms with Gasteiger partial charge >= 0.3 is 5.97 Å². The summed E-state index contributed by atoms with van der Waals surface area (Å²) in [6.07, 6.45) is 2.64. The summed E-state index contributed by atoms with van der Waals surface area (Å²) < 4.78 is 4.93. The van der Waals surface area contributed by atoms with Crippen molar-refractivity contribution < 1.29 is 14.6 Å². The molecule has 0 heterocycles. The minimum absolute atomic E-state index is 0.229. The lowest BCUT2D eigenvalue weighted by Gasteiger charge is -2.09. The molecule has 0 aliphatic heterocycles. The first-order valence-corrected chi connectivity index (χ1v) is 5.01. The third-order valence-electron chi connectivity index (χ3n) is 2.04. The molecule has 0 amide bonds. The van der Waals surface area contributed by atoms with Crippen molar-refractivity contribution in [2.75, 3.05) is 13.2 Å². The molecule has 0 aromatic carbocycles. The minimum Gasteiger partial charge on any atom is -0.462 e. The highest BCUT2D eigenvalue weighted by Crippen LogP contribution is 2.09. The molecule has 0 saturated heterocycles. The van der Waals surface area contributed by atoms with Gasteiger partial charge in [0.25, 0.3) is 0 Å². The summed E-state index contributed by atoms with van der Waals surface area (Å²) in [6, 6.07) is 0. The van der Waals surface area contributed by atoms with Gasteiger partial charge in [0.2, 0.25) is 0 Å². The first-order valence-electron chi connectivity index (χ1n) is 5.01. The van der Waals surface area contributed by atoms with E-state index < -0.39 is 0 Å². The molecule has 0 aromatic rings. The van der Waals surface area contributed by atoms with E-state index in [9.17, 15) is 4.79 Å². The molecule has 3 heteroatoms. The van der Waals surface area contributed by atoms with Crippen LogP contribution in [0.1, 0.15) is 33.1 Å². The molecule has 82 valence electrons. The monoisotopic (exact) mass is 200 g/mol. The maximum Gasteiger partial charge on any atom is 0.333 e. The van der Waals surface area contributed by atoms with Crippen LogP contribution < -0.4 is 0 Å². The smallest absolute Gasteiger partial charge is 0.333 e. The van der Waals surface area contributed by atoms with E-state index in [4.69, 9.17) is 9.84 Å². The van der Waals surface area contributed by atoms with Crippen molar-refractivity contribution in [3.05, 3.63) is 12.2 Å². The summed E-state index contributed by atoms with van der Waals surface area (Å²) in [6.45, 7) is 7.88. The Morgan fingerprint density at radius 2 is 2.14 bits per heavy atom. The SMILES string of the molecule is C=C(C)C(=O)OCCCC(C)CCO. The van der Waals surface area contributed by atoms with E-state index in [-0.39, 0.29) is 12.6 Å². The Morgan fingerprint density at radius 1 is 1.50 bits per heavy atom. The van der Waals surface area contributed by atoms with Crippen molar-refractivity contribution >= 4 is 5.97 Å². The summed E-state index contributed by atoms with van der Waals surface area (Å²) in [4.78, 5) is 11.0. The van der Waals surface area contributed by atoms with Crippen LogP contribution in [0.4, 0.5) is 0 Å². The second-order valence-electron chi connectivity index (χ2n) is 3.68. The van der Waals surface area contributed by atoms with Crippen LogP contribution >= 0.6 is 0 Å². The van der Waals surface area contributed by atoms with Crippen LogP contribution in [-0.2, 0) is 9.53 Å². The largest absolute Gasteiger partial charge is 0.462 e. The molecule has 0 rings (SSSR count).